The monoisotopic (exact) mass is 206 g/mol. The summed E-state index contributed by atoms with van der Waals surface area (Å²) in [4.78, 5) is 8.25. The Labute approximate surface area is 90.3 Å². The molecular formula is C11H18N4. The van der Waals surface area contributed by atoms with Crippen LogP contribution in [-0.2, 0) is 0 Å². The Morgan fingerprint density at radius 1 is 1.27 bits per heavy atom. The number of nitrogens with zero attached hydrogens (tertiary/aromatic N) is 2. The lowest BCUT2D eigenvalue weighted by Gasteiger charge is -2.28. The summed E-state index contributed by atoms with van der Waals surface area (Å²) in [5, 5.41) is 3.41. The van der Waals surface area contributed by atoms with Gasteiger partial charge in [0.05, 0.1) is 6.20 Å². The van der Waals surface area contributed by atoms with Gasteiger partial charge in [0, 0.05) is 18.4 Å². The van der Waals surface area contributed by atoms with E-state index in [1.54, 1.807) is 18.6 Å². The summed E-state index contributed by atoms with van der Waals surface area (Å²) in [5.41, 5.74) is 5.66. The molecule has 1 aliphatic rings. The van der Waals surface area contributed by atoms with Crippen LogP contribution in [0.4, 0.5) is 5.82 Å². The molecule has 0 spiro atoms. The molecule has 0 saturated heterocycles. The van der Waals surface area contributed by atoms with Gasteiger partial charge in [-0.3, -0.25) is 4.98 Å². The number of nitrogens with two attached hydrogens (primary N) is 1. The van der Waals surface area contributed by atoms with E-state index in [-0.39, 0.29) is 0 Å². The number of aromatic nitrogens is 2. The second-order valence-corrected chi connectivity index (χ2v) is 4.19. The third-order valence-corrected chi connectivity index (χ3v) is 3.10. The van der Waals surface area contributed by atoms with Crippen molar-refractivity contribution in [2.24, 2.45) is 11.7 Å². The molecule has 4 heteroatoms. The average Bonchev–Trinajstić information content (AvgIpc) is 2.31. The Morgan fingerprint density at radius 2 is 2.07 bits per heavy atom. The van der Waals surface area contributed by atoms with Gasteiger partial charge >= 0.3 is 0 Å². The molecule has 4 nitrogen and oxygen atoms in total. The molecule has 0 amide bonds. The minimum atomic E-state index is 0.546. The molecule has 1 heterocycles. The van der Waals surface area contributed by atoms with Crippen molar-refractivity contribution in [1.29, 1.82) is 0 Å². The normalized spacial score (nSPS) is 26.2. The SMILES string of the molecule is NCC1CCC(Nc2cnccn2)CC1. The molecule has 0 unspecified atom stereocenters. The number of nitrogens with one attached hydrogen (secondary N) is 1. The highest BCUT2D eigenvalue weighted by atomic mass is 15.0. The average molecular weight is 206 g/mol. The fourth-order valence-corrected chi connectivity index (χ4v) is 2.13. The summed E-state index contributed by atoms with van der Waals surface area (Å²) >= 11 is 0. The maximum absolute atomic E-state index is 5.66. The minimum absolute atomic E-state index is 0.546. The molecule has 0 aromatic carbocycles. The molecule has 0 bridgehead atoms. The maximum Gasteiger partial charge on any atom is 0.144 e. The van der Waals surface area contributed by atoms with Crippen molar-refractivity contribution in [3.63, 3.8) is 0 Å². The van der Waals surface area contributed by atoms with Crippen molar-refractivity contribution in [2.75, 3.05) is 11.9 Å². The minimum Gasteiger partial charge on any atom is -0.366 e. The van der Waals surface area contributed by atoms with Gasteiger partial charge < -0.3 is 11.1 Å². The molecule has 1 aromatic rings. The van der Waals surface area contributed by atoms with Crippen LogP contribution in [0.25, 0.3) is 0 Å². The van der Waals surface area contributed by atoms with E-state index < -0.39 is 0 Å². The summed E-state index contributed by atoms with van der Waals surface area (Å²) < 4.78 is 0. The molecule has 1 saturated carbocycles. The smallest absolute Gasteiger partial charge is 0.144 e. The fourth-order valence-electron chi connectivity index (χ4n) is 2.13. The largest absolute Gasteiger partial charge is 0.366 e. The molecule has 82 valence electrons. The van der Waals surface area contributed by atoms with E-state index in [0.717, 1.165) is 18.3 Å². The van der Waals surface area contributed by atoms with Crippen LogP contribution in [-0.4, -0.2) is 22.6 Å². The van der Waals surface area contributed by atoms with Crippen molar-refractivity contribution in [2.45, 2.75) is 31.7 Å². The van der Waals surface area contributed by atoms with Gasteiger partial charge in [0.2, 0.25) is 0 Å². The van der Waals surface area contributed by atoms with Crippen LogP contribution in [0.5, 0.6) is 0 Å². The molecule has 1 fully saturated rings. The van der Waals surface area contributed by atoms with Gasteiger partial charge in [-0.25, -0.2) is 4.98 Å². The molecule has 1 aliphatic carbocycles. The Kier molecular flexibility index (Phi) is 3.50. The standard InChI is InChI=1S/C11H18N4/c12-7-9-1-3-10(4-2-9)15-11-8-13-5-6-14-11/h5-6,8-10H,1-4,7,12H2,(H,14,15). The van der Waals surface area contributed by atoms with Gasteiger partial charge in [-0.15, -0.1) is 0 Å². The number of rotatable bonds is 3. The number of hydrogen-bond acceptors (Lipinski definition) is 4. The first-order valence-electron chi connectivity index (χ1n) is 5.61. The van der Waals surface area contributed by atoms with Gasteiger partial charge in [-0.2, -0.15) is 0 Å². The fraction of sp³-hybridized carbons (Fsp3) is 0.636. The van der Waals surface area contributed by atoms with Gasteiger partial charge in [-0.05, 0) is 38.1 Å². The lowest BCUT2D eigenvalue weighted by atomic mass is 9.86. The van der Waals surface area contributed by atoms with E-state index in [4.69, 9.17) is 5.73 Å². The third kappa shape index (κ3) is 2.89. The molecule has 0 radical (unpaired) electrons. The van der Waals surface area contributed by atoms with E-state index in [9.17, 15) is 0 Å². The topological polar surface area (TPSA) is 63.8 Å². The lowest BCUT2D eigenvalue weighted by molar-refractivity contribution is 0.344. The second-order valence-electron chi connectivity index (χ2n) is 4.19. The highest BCUT2D eigenvalue weighted by Gasteiger charge is 2.19. The summed E-state index contributed by atoms with van der Waals surface area (Å²) in [7, 11) is 0. The third-order valence-electron chi connectivity index (χ3n) is 3.10. The van der Waals surface area contributed by atoms with Crippen LogP contribution in [0.2, 0.25) is 0 Å². The van der Waals surface area contributed by atoms with E-state index >= 15 is 0 Å². The maximum atomic E-state index is 5.66. The highest BCUT2D eigenvalue weighted by molar-refractivity contribution is 5.31. The van der Waals surface area contributed by atoms with Crippen molar-refractivity contribution in [3.8, 4) is 0 Å². The summed E-state index contributed by atoms with van der Waals surface area (Å²) in [5.74, 6) is 1.61. The highest BCUT2D eigenvalue weighted by Crippen LogP contribution is 2.24. The van der Waals surface area contributed by atoms with E-state index in [1.165, 1.54) is 25.7 Å². The molecule has 1 aromatic heterocycles. The van der Waals surface area contributed by atoms with Gasteiger partial charge in [0.1, 0.15) is 5.82 Å². The Hall–Kier alpha value is -1.16. The van der Waals surface area contributed by atoms with Crippen molar-refractivity contribution >= 4 is 5.82 Å². The van der Waals surface area contributed by atoms with Gasteiger partial charge in [0.15, 0.2) is 0 Å². The second kappa shape index (κ2) is 5.07. The summed E-state index contributed by atoms with van der Waals surface area (Å²) in [6.07, 6.45) is 10.0. The Balaban J connectivity index is 1.82. The van der Waals surface area contributed by atoms with Crippen LogP contribution in [0.3, 0.4) is 0 Å². The first-order valence-corrected chi connectivity index (χ1v) is 5.61. The molecule has 0 aliphatic heterocycles. The zero-order chi connectivity index (χ0) is 10.5. The van der Waals surface area contributed by atoms with Gasteiger partial charge in [0.25, 0.3) is 0 Å². The summed E-state index contributed by atoms with van der Waals surface area (Å²) in [6.45, 7) is 0.831. The quantitative estimate of drug-likeness (QED) is 0.784. The van der Waals surface area contributed by atoms with E-state index in [1.807, 2.05) is 0 Å². The van der Waals surface area contributed by atoms with Crippen LogP contribution in [0.15, 0.2) is 18.6 Å². The molecule has 0 atom stereocenters. The zero-order valence-electron chi connectivity index (χ0n) is 8.89. The van der Waals surface area contributed by atoms with Crippen LogP contribution in [0.1, 0.15) is 25.7 Å². The Morgan fingerprint density at radius 3 is 2.67 bits per heavy atom. The van der Waals surface area contributed by atoms with E-state index in [0.29, 0.717) is 6.04 Å². The number of anilines is 1. The molecule has 15 heavy (non-hydrogen) atoms. The molecule has 3 N–H and O–H groups in total. The van der Waals surface area contributed by atoms with Crippen LogP contribution >= 0.6 is 0 Å². The lowest BCUT2D eigenvalue weighted by Crippen LogP contribution is -2.29. The van der Waals surface area contributed by atoms with Crippen molar-refractivity contribution in [1.82, 2.24) is 9.97 Å². The van der Waals surface area contributed by atoms with Gasteiger partial charge in [-0.1, -0.05) is 0 Å². The molecular weight excluding hydrogens is 188 g/mol. The van der Waals surface area contributed by atoms with Crippen LogP contribution in [0, 0.1) is 5.92 Å². The Bertz CT molecular complexity index is 280. The first-order chi connectivity index (χ1) is 7.38. The summed E-state index contributed by atoms with van der Waals surface area (Å²) in [6, 6.07) is 0.546. The number of hydrogen-bond donors (Lipinski definition) is 2. The van der Waals surface area contributed by atoms with E-state index in [2.05, 4.69) is 15.3 Å². The van der Waals surface area contributed by atoms with Crippen molar-refractivity contribution in [3.05, 3.63) is 18.6 Å². The molecule has 2 rings (SSSR count). The predicted octanol–water partition coefficient (Wildman–Crippen LogP) is 1.41. The predicted molar refractivity (Wildman–Crippen MR) is 60.5 cm³/mol. The van der Waals surface area contributed by atoms with Crippen molar-refractivity contribution < 1.29 is 0 Å². The zero-order valence-corrected chi connectivity index (χ0v) is 8.89. The first kappa shape index (κ1) is 10.4. The van der Waals surface area contributed by atoms with Crippen LogP contribution < -0.4 is 11.1 Å².